The molecule has 2 nitrogen and oxygen atoms in total. The number of hydrogen-bond donors (Lipinski definition) is 0. The van der Waals surface area contributed by atoms with Crippen LogP contribution < -0.4 is 0 Å². The lowest BCUT2D eigenvalue weighted by atomic mass is 9.87. The molecule has 114 valence electrons. The van der Waals surface area contributed by atoms with Crippen molar-refractivity contribution in [2.24, 2.45) is 11.8 Å². The van der Waals surface area contributed by atoms with Crippen LogP contribution in [-0.4, -0.2) is 49.1 Å². The van der Waals surface area contributed by atoms with E-state index in [-0.39, 0.29) is 0 Å². The van der Waals surface area contributed by atoms with Crippen LogP contribution in [0.4, 0.5) is 0 Å². The highest BCUT2D eigenvalue weighted by Gasteiger charge is 2.18. The minimum Gasteiger partial charge on any atom is -0.306 e. The van der Waals surface area contributed by atoms with Gasteiger partial charge in [0.1, 0.15) is 0 Å². The molecule has 2 saturated heterocycles. The number of rotatable bonds is 2. The van der Waals surface area contributed by atoms with Gasteiger partial charge in [-0.2, -0.15) is 0 Å². The highest BCUT2D eigenvalue weighted by Crippen LogP contribution is 2.23. The lowest BCUT2D eigenvalue weighted by Gasteiger charge is -2.31. The van der Waals surface area contributed by atoms with Crippen LogP contribution in [0.15, 0.2) is 0 Å². The van der Waals surface area contributed by atoms with Gasteiger partial charge in [0.05, 0.1) is 0 Å². The second kappa shape index (κ2) is 8.97. The van der Waals surface area contributed by atoms with E-state index in [1.54, 1.807) is 0 Å². The Bertz CT molecular complexity index is 211. The van der Waals surface area contributed by atoms with Crippen LogP contribution in [0.2, 0.25) is 0 Å². The predicted molar refractivity (Wildman–Crippen MR) is 85.6 cm³/mol. The Hall–Kier alpha value is -0.0800. The summed E-state index contributed by atoms with van der Waals surface area (Å²) in [6.07, 6.45) is 7.10. The molecule has 2 aliphatic heterocycles. The van der Waals surface area contributed by atoms with Gasteiger partial charge < -0.3 is 9.80 Å². The quantitative estimate of drug-likeness (QED) is 0.750. The van der Waals surface area contributed by atoms with Crippen molar-refractivity contribution in [2.45, 2.75) is 65.8 Å². The normalized spacial score (nSPS) is 23.5. The first-order chi connectivity index (χ1) is 9.00. The minimum atomic E-state index is 0.769. The van der Waals surface area contributed by atoms with Crippen molar-refractivity contribution in [2.75, 3.05) is 33.2 Å². The van der Waals surface area contributed by atoms with Crippen molar-refractivity contribution >= 4 is 0 Å². The highest BCUT2D eigenvalue weighted by atomic mass is 15.1. The van der Waals surface area contributed by atoms with E-state index in [4.69, 9.17) is 0 Å². The predicted octanol–water partition coefficient (Wildman–Crippen LogP) is 3.86. The third-order valence-corrected chi connectivity index (χ3v) is 4.83. The zero-order valence-electron chi connectivity index (χ0n) is 14.0. The molecule has 0 unspecified atom stereocenters. The molecule has 0 aromatic rings. The largest absolute Gasteiger partial charge is 0.306 e. The second-order valence-electron chi connectivity index (χ2n) is 7.08. The van der Waals surface area contributed by atoms with Crippen molar-refractivity contribution in [3.05, 3.63) is 0 Å². The van der Waals surface area contributed by atoms with Crippen molar-refractivity contribution in [1.29, 1.82) is 0 Å². The first kappa shape index (κ1) is 17.0. The summed E-state index contributed by atoms with van der Waals surface area (Å²) in [4.78, 5) is 4.99. The van der Waals surface area contributed by atoms with Crippen LogP contribution in [-0.2, 0) is 0 Å². The molecule has 0 aliphatic carbocycles. The summed E-state index contributed by atoms with van der Waals surface area (Å²) in [6, 6.07) is 0.769. The van der Waals surface area contributed by atoms with E-state index in [0.29, 0.717) is 0 Å². The van der Waals surface area contributed by atoms with E-state index in [9.17, 15) is 0 Å². The van der Waals surface area contributed by atoms with Crippen molar-refractivity contribution < 1.29 is 0 Å². The van der Waals surface area contributed by atoms with Crippen LogP contribution in [0.1, 0.15) is 59.8 Å². The van der Waals surface area contributed by atoms with Gasteiger partial charge in [-0.25, -0.2) is 0 Å². The van der Waals surface area contributed by atoms with Crippen LogP contribution >= 0.6 is 0 Å². The average Bonchev–Trinajstić information content (AvgIpc) is 2.41. The molecule has 0 aromatic heterocycles. The molecule has 0 spiro atoms. The summed E-state index contributed by atoms with van der Waals surface area (Å²) >= 11 is 0. The van der Waals surface area contributed by atoms with Crippen molar-refractivity contribution in [3.63, 3.8) is 0 Å². The lowest BCUT2D eigenvalue weighted by Crippen LogP contribution is -2.35. The molecule has 0 radical (unpaired) electrons. The van der Waals surface area contributed by atoms with Crippen LogP contribution in [0.3, 0.4) is 0 Å². The molecule has 0 atom stereocenters. The first-order valence-corrected chi connectivity index (χ1v) is 8.43. The Kier molecular flexibility index (Phi) is 8.01. The van der Waals surface area contributed by atoms with Crippen LogP contribution in [0.25, 0.3) is 0 Å². The summed E-state index contributed by atoms with van der Waals surface area (Å²) in [5, 5.41) is 0. The number of piperidine rings is 2. The molecule has 2 fully saturated rings. The lowest BCUT2D eigenvalue weighted by molar-refractivity contribution is 0.185. The topological polar surface area (TPSA) is 6.48 Å². The monoisotopic (exact) mass is 268 g/mol. The third-order valence-electron chi connectivity index (χ3n) is 4.83. The van der Waals surface area contributed by atoms with Gasteiger partial charge in [0.25, 0.3) is 0 Å². The zero-order valence-corrected chi connectivity index (χ0v) is 14.0. The fourth-order valence-corrected chi connectivity index (χ4v) is 3.13. The van der Waals surface area contributed by atoms with Gasteiger partial charge in [-0.1, -0.05) is 20.3 Å². The van der Waals surface area contributed by atoms with Crippen LogP contribution in [0.5, 0.6) is 0 Å². The van der Waals surface area contributed by atoms with Gasteiger partial charge in [-0.05, 0) is 84.6 Å². The number of likely N-dealkylation sites (tertiary alicyclic amines) is 2. The van der Waals surface area contributed by atoms with Crippen LogP contribution in [0, 0.1) is 11.8 Å². The SMILES string of the molecule is CC(C)C1CCN(C)CC1.CC(C)N1CCCCC1. The molecule has 2 rings (SSSR count). The summed E-state index contributed by atoms with van der Waals surface area (Å²) in [7, 11) is 2.22. The molecule has 0 N–H and O–H groups in total. The molecule has 2 heterocycles. The molecule has 0 aromatic carbocycles. The molecule has 0 amide bonds. The Labute approximate surface area is 121 Å². The molecule has 2 heteroatoms. The van der Waals surface area contributed by atoms with E-state index in [1.165, 1.54) is 58.3 Å². The van der Waals surface area contributed by atoms with Gasteiger partial charge in [-0.15, -0.1) is 0 Å². The molecule has 0 bridgehead atoms. The Morgan fingerprint density at radius 1 is 0.789 bits per heavy atom. The van der Waals surface area contributed by atoms with Gasteiger partial charge in [0.2, 0.25) is 0 Å². The Balaban J connectivity index is 0.000000191. The first-order valence-electron chi connectivity index (χ1n) is 8.43. The molecule has 19 heavy (non-hydrogen) atoms. The third kappa shape index (κ3) is 6.76. The summed E-state index contributed by atoms with van der Waals surface area (Å²) in [5.74, 6) is 1.89. The molecular formula is C17H36N2. The number of nitrogens with zero attached hydrogens (tertiary/aromatic N) is 2. The summed E-state index contributed by atoms with van der Waals surface area (Å²) < 4.78 is 0. The Morgan fingerprint density at radius 2 is 1.32 bits per heavy atom. The molecule has 2 aliphatic rings. The summed E-state index contributed by atoms with van der Waals surface area (Å²) in [5.41, 5.74) is 0. The standard InChI is InChI=1S/C9H19N.C8H17N/c1-8(2)9-4-6-10(3)7-5-9;1-8(2)9-6-4-3-5-7-9/h8-9H,4-7H2,1-3H3;8H,3-7H2,1-2H3. The van der Waals surface area contributed by atoms with Gasteiger partial charge in [0.15, 0.2) is 0 Å². The van der Waals surface area contributed by atoms with Gasteiger partial charge in [0, 0.05) is 6.04 Å². The smallest absolute Gasteiger partial charge is 0.00385 e. The Morgan fingerprint density at radius 3 is 1.68 bits per heavy atom. The highest BCUT2D eigenvalue weighted by molar-refractivity contribution is 4.71. The zero-order chi connectivity index (χ0) is 14.3. The van der Waals surface area contributed by atoms with E-state index in [2.05, 4.69) is 44.5 Å². The maximum atomic E-state index is 2.56. The second-order valence-corrected chi connectivity index (χ2v) is 7.08. The van der Waals surface area contributed by atoms with E-state index >= 15 is 0 Å². The van der Waals surface area contributed by atoms with Crippen molar-refractivity contribution in [3.8, 4) is 0 Å². The fourth-order valence-electron chi connectivity index (χ4n) is 3.13. The maximum Gasteiger partial charge on any atom is 0.00385 e. The van der Waals surface area contributed by atoms with Crippen molar-refractivity contribution in [1.82, 2.24) is 9.80 Å². The average molecular weight is 268 g/mol. The van der Waals surface area contributed by atoms with Gasteiger partial charge in [-0.3, -0.25) is 0 Å². The van der Waals surface area contributed by atoms with Gasteiger partial charge >= 0.3 is 0 Å². The summed E-state index contributed by atoms with van der Waals surface area (Å²) in [6.45, 7) is 14.5. The van der Waals surface area contributed by atoms with E-state index in [0.717, 1.165) is 17.9 Å². The van der Waals surface area contributed by atoms with E-state index in [1.807, 2.05) is 0 Å². The molecule has 0 saturated carbocycles. The minimum absolute atomic E-state index is 0.769. The fraction of sp³-hybridized carbons (Fsp3) is 1.00. The van der Waals surface area contributed by atoms with E-state index < -0.39 is 0 Å². The number of hydrogen-bond acceptors (Lipinski definition) is 2. The maximum absolute atomic E-state index is 2.56. The molecular weight excluding hydrogens is 232 g/mol.